The molecule has 0 bridgehead atoms. The summed E-state index contributed by atoms with van der Waals surface area (Å²) in [5, 5.41) is 13.2. The number of aliphatic hydroxyl groups is 1. The number of hydrogen-bond donors (Lipinski definition) is 3. The fourth-order valence-electron chi connectivity index (χ4n) is 2.98. The van der Waals surface area contributed by atoms with Crippen LogP contribution < -0.4 is 10.0 Å². The highest BCUT2D eigenvalue weighted by molar-refractivity contribution is 7.93. The summed E-state index contributed by atoms with van der Waals surface area (Å²) in [6.07, 6.45) is 0. The Hall–Kier alpha value is -3.16. The number of carbonyl (C=O) groups excluding carboxylic acids is 1. The third-order valence-electron chi connectivity index (χ3n) is 5.07. The van der Waals surface area contributed by atoms with E-state index in [9.17, 15) is 18.3 Å². The first kappa shape index (κ1) is 22.5. The summed E-state index contributed by atoms with van der Waals surface area (Å²) in [4.78, 5) is 12.5. The first-order chi connectivity index (χ1) is 14.6. The summed E-state index contributed by atoms with van der Waals surface area (Å²) < 4.78 is 26.4. The van der Waals surface area contributed by atoms with Gasteiger partial charge in [0.1, 0.15) is 5.60 Å². The molecule has 0 saturated carbocycles. The number of carbonyl (C=O) groups is 1. The molecule has 31 heavy (non-hydrogen) atoms. The summed E-state index contributed by atoms with van der Waals surface area (Å²) in [6.45, 7) is 4.91. The highest BCUT2D eigenvalue weighted by Crippen LogP contribution is 2.29. The van der Waals surface area contributed by atoms with Crippen molar-refractivity contribution in [3.63, 3.8) is 0 Å². The molecule has 0 saturated heterocycles. The van der Waals surface area contributed by atoms with E-state index in [0.29, 0.717) is 22.5 Å². The molecule has 0 aliphatic carbocycles. The summed E-state index contributed by atoms with van der Waals surface area (Å²) >= 11 is 0. The van der Waals surface area contributed by atoms with Crippen LogP contribution in [0.2, 0.25) is 0 Å². The number of sulfonamides is 1. The Balaban J connectivity index is 1.68. The van der Waals surface area contributed by atoms with Gasteiger partial charge in [-0.15, -0.1) is 0 Å². The topological polar surface area (TPSA) is 95.5 Å². The van der Waals surface area contributed by atoms with Gasteiger partial charge in [-0.25, -0.2) is 8.42 Å². The van der Waals surface area contributed by atoms with Crippen LogP contribution in [0.4, 0.5) is 11.4 Å². The third kappa shape index (κ3) is 5.31. The van der Waals surface area contributed by atoms with Crippen LogP contribution in [-0.2, 0) is 15.6 Å². The van der Waals surface area contributed by atoms with Crippen molar-refractivity contribution >= 4 is 27.3 Å². The van der Waals surface area contributed by atoms with Crippen molar-refractivity contribution < 1.29 is 18.3 Å². The van der Waals surface area contributed by atoms with E-state index >= 15 is 0 Å². The standard InChI is InChI=1S/C24H26N2O4S/c1-17(2)31(29,30)26-22-13-9-18(10-14-22)23(27)25-21-15-11-20(12-16-21)24(3,28)19-7-5-4-6-8-19/h4-17,26,28H,1-3H3,(H,25,27). The van der Waals surface area contributed by atoms with E-state index in [1.54, 1.807) is 69.3 Å². The maximum absolute atomic E-state index is 12.5. The van der Waals surface area contributed by atoms with E-state index in [1.165, 1.54) is 0 Å². The zero-order valence-electron chi connectivity index (χ0n) is 17.7. The Morgan fingerprint density at radius 1 is 0.839 bits per heavy atom. The Kier molecular flexibility index (Phi) is 6.48. The van der Waals surface area contributed by atoms with Crippen molar-refractivity contribution in [2.24, 2.45) is 0 Å². The maximum Gasteiger partial charge on any atom is 0.255 e. The maximum atomic E-state index is 12.5. The predicted molar refractivity (Wildman–Crippen MR) is 124 cm³/mol. The second kappa shape index (κ2) is 8.91. The number of rotatable bonds is 7. The molecule has 0 spiro atoms. The normalized spacial score (nSPS) is 13.5. The molecule has 3 aromatic carbocycles. The lowest BCUT2D eigenvalue weighted by Gasteiger charge is -2.24. The molecular formula is C24H26N2O4S. The predicted octanol–water partition coefficient (Wildman–Crippen LogP) is 4.34. The quantitative estimate of drug-likeness (QED) is 0.511. The Bertz CT molecular complexity index is 1140. The van der Waals surface area contributed by atoms with Crippen LogP contribution in [-0.4, -0.2) is 24.7 Å². The van der Waals surface area contributed by atoms with Crippen molar-refractivity contribution in [3.05, 3.63) is 95.6 Å². The Morgan fingerprint density at radius 2 is 1.35 bits per heavy atom. The van der Waals surface area contributed by atoms with E-state index in [-0.39, 0.29) is 5.91 Å². The van der Waals surface area contributed by atoms with Gasteiger partial charge in [-0.2, -0.15) is 0 Å². The summed E-state index contributed by atoms with van der Waals surface area (Å²) in [5.74, 6) is -0.319. The molecule has 1 unspecified atom stereocenters. The zero-order chi connectivity index (χ0) is 22.6. The molecule has 6 nitrogen and oxygen atoms in total. The average molecular weight is 439 g/mol. The monoisotopic (exact) mass is 438 g/mol. The van der Waals surface area contributed by atoms with Crippen molar-refractivity contribution in [2.45, 2.75) is 31.6 Å². The van der Waals surface area contributed by atoms with Gasteiger partial charge >= 0.3 is 0 Å². The van der Waals surface area contributed by atoms with Crippen LogP contribution >= 0.6 is 0 Å². The van der Waals surface area contributed by atoms with Gasteiger partial charge in [0.25, 0.3) is 5.91 Å². The number of amides is 1. The first-order valence-electron chi connectivity index (χ1n) is 9.91. The lowest BCUT2D eigenvalue weighted by molar-refractivity contribution is 0.102. The summed E-state index contributed by atoms with van der Waals surface area (Å²) in [7, 11) is -3.44. The van der Waals surface area contributed by atoms with Crippen LogP contribution in [0.5, 0.6) is 0 Å². The molecule has 3 rings (SSSR count). The number of benzene rings is 3. The summed E-state index contributed by atoms with van der Waals surface area (Å²) in [6, 6.07) is 22.6. The van der Waals surface area contributed by atoms with Gasteiger partial charge < -0.3 is 10.4 Å². The second-order valence-corrected chi connectivity index (χ2v) is 9.98. The minimum atomic E-state index is -3.44. The second-order valence-electron chi connectivity index (χ2n) is 7.74. The molecule has 3 aromatic rings. The minimum Gasteiger partial charge on any atom is -0.381 e. The van der Waals surface area contributed by atoms with Gasteiger partial charge in [0, 0.05) is 16.9 Å². The lowest BCUT2D eigenvalue weighted by atomic mass is 9.88. The molecule has 7 heteroatoms. The molecule has 0 heterocycles. The van der Waals surface area contributed by atoms with Crippen LogP contribution in [0.3, 0.4) is 0 Å². The van der Waals surface area contributed by atoms with Gasteiger partial charge in [-0.3, -0.25) is 9.52 Å². The van der Waals surface area contributed by atoms with Crippen LogP contribution in [0.15, 0.2) is 78.9 Å². The van der Waals surface area contributed by atoms with E-state index in [0.717, 1.165) is 5.56 Å². The molecule has 0 aliphatic rings. The van der Waals surface area contributed by atoms with Gasteiger partial charge in [0.05, 0.1) is 5.25 Å². The number of hydrogen-bond acceptors (Lipinski definition) is 4. The zero-order valence-corrected chi connectivity index (χ0v) is 18.5. The largest absolute Gasteiger partial charge is 0.381 e. The SMILES string of the molecule is CC(C)S(=O)(=O)Nc1ccc(C(=O)Nc2ccc(C(C)(O)c3ccccc3)cc2)cc1. The average Bonchev–Trinajstić information content (AvgIpc) is 2.75. The van der Waals surface area contributed by atoms with Crippen molar-refractivity contribution in [3.8, 4) is 0 Å². The van der Waals surface area contributed by atoms with E-state index in [1.807, 2.05) is 30.3 Å². The van der Waals surface area contributed by atoms with Crippen molar-refractivity contribution in [1.82, 2.24) is 0 Å². The minimum absolute atomic E-state index is 0.319. The molecule has 0 aliphatic heterocycles. The highest BCUT2D eigenvalue weighted by atomic mass is 32.2. The Labute approximate surface area is 183 Å². The Morgan fingerprint density at radius 3 is 1.90 bits per heavy atom. The highest BCUT2D eigenvalue weighted by Gasteiger charge is 2.25. The molecule has 1 amide bonds. The molecule has 3 N–H and O–H groups in total. The summed E-state index contributed by atoms with van der Waals surface area (Å²) in [5.41, 5.74) is 1.72. The van der Waals surface area contributed by atoms with Crippen LogP contribution in [0, 0.1) is 0 Å². The fourth-order valence-corrected chi connectivity index (χ4v) is 3.68. The van der Waals surface area contributed by atoms with E-state index in [2.05, 4.69) is 10.0 Å². The third-order valence-corrected chi connectivity index (χ3v) is 6.83. The van der Waals surface area contributed by atoms with E-state index in [4.69, 9.17) is 0 Å². The van der Waals surface area contributed by atoms with Crippen LogP contribution in [0.1, 0.15) is 42.3 Å². The van der Waals surface area contributed by atoms with Gasteiger partial charge in [0.2, 0.25) is 10.0 Å². The van der Waals surface area contributed by atoms with Gasteiger partial charge in [-0.05, 0) is 68.3 Å². The molecule has 1 atom stereocenters. The van der Waals surface area contributed by atoms with E-state index < -0.39 is 20.9 Å². The molecule has 162 valence electrons. The first-order valence-corrected chi connectivity index (χ1v) is 11.5. The molecular weight excluding hydrogens is 412 g/mol. The lowest BCUT2D eigenvalue weighted by Crippen LogP contribution is -2.22. The van der Waals surface area contributed by atoms with Crippen molar-refractivity contribution in [1.29, 1.82) is 0 Å². The molecule has 0 fully saturated rings. The molecule has 0 radical (unpaired) electrons. The number of nitrogens with one attached hydrogen (secondary N) is 2. The number of anilines is 2. The smallest absolute Gasteiger partial charge is 0.255 e. The molecule has 0 aromatic heterocycles. The fraction of sp³-hybridized carbons (Fsp3) is 0.208. The van der Waals surface area contributed by atoms with Gasteiger partial charge in [-0.1, -0.05) is 42.5 Å². The van der Waals surface area contributed by atoms with Crippen LogP contribution in [0.25, 0.3) is 0 Å². The van der Waals surface area contributed by atoms with Crippen molar-refractivity contribution in [2.75, 3.05) is 10.0 Å². The van der Waals surface area contributed by atoms with Gasteiger partial charge in [0.15, 0.2) is 0 Å².